The summed E-state index contributed by atoms with van der Waals surface area (Å²) in [6, 6.07) is 0. The Morgan fingerprint density at radius 3 is 3.00 bits per heavy atom. The molecule has 16 heavy (non-hydrogen) atoms. The van der Waals surface area contributed by atoms with Crippen molar-refractivity contribution in [3.8, 4) is 0 Å². The normalized spacial score (nSPS) is 10.6. The fourth-order valence-electron chi connectivity index (χ4n) is 1.19. The van der Waals surface area contributed by atoms with Gasteiger partial charge in [0.2, 0.25) is 0 Å². The summed E-state index contributed by atoms with van der Waals surface area (Å²) in [6.45, 7) is 2.58. The maximum Gasteiger partial charge on any atom is 0.311 e. The van der Waals surface area contributed by atoms with E-state index in [1.54, 1.807) is 0 Å². The predicted molar refractivity (Wildman–Crippen MR) is 66.5 cm³/mol. The lowest BCUT2D eigenvalue weighted by molar-refractivity contribution is -0.384. The van der Waals surface area contributed by atoms with Crippen LogP contribution < -0.4 is 5.32 Å². The molecule has 0 bridgehead atoms. The van der Waals surface area contributed by atoms with Crippen LogP contribution in [0.3, 0.4) is 0 Å². The molecule has 0 aliphatic rings. The summed E-state index contributed by atoms with van der Waals surface area (Å²) in [7, 11) is 0. The smallest absolute Gasteiger partial charge is 0.311 e. The molecule has 1 heterocycles. The van der Waals surface area contributed by atoms with Crippen molar-refractivity contribution in [1.29, 1.82) is 0 Å². The van der Waals surface area contributed by atoms with Crippen LogP contribution in [0.15, 0.2) is 29.0 Å². The number of nitrogens with zero attached hydrogens (tertiary/aromatic N) is 2. The summed E-state index contributed by atoms with van der Waals surface area (Å²) in [5.74, 6) is 0. The van der Waals surface area contributed by atoms with Crippen LogP contribution in [-0.2, 0) is 0 Å². The number of anilines is 1. The third kappa shape index (κ3) is 3.30. The summed E-state index contributed by atoms with van der Waals surface area (Å²) >= 11 is 3.24. The lowest BCUT2D eigenvalue weighted by atomic mass is 10.3. The Kier molecular flexibility index (Phi) is 4.91. The highest BCUT2D eigenvalue weighted by molar-refractivity contribution is 9.10. The van der Waals surface area contributed by atoms with Gasteiger partial charge in [0.25, 0.3) is 0 Å². The Balaban J connectivity index is 2.80. The van der Waals surface area contributed by atoms with Crippen LogP contribution in [0, 0.1) is 10.1 Å². The molecule has 1 N–H and O–H groups in total. The van der Waals surface area contributed by atoms with Crippen molar-refractivity contribution in [2.45, 2.75) is 13.3 Å². The number of rotatable bonds is 5. The molecule has 0 amide bonds. The molecule has 0 radical (unpaired) electrons. The number of nitro groups is 1. The van der Waals surface area contributed by atoms with Crippen molar-refractivity contribution < 1.29 is 4.92 Å². The maximum absolute atomic E-state index is 10.8. The Morgan fingerprint density at radius 1 is 1.62 bits per heavy atom. The average molecular weight is 286 g/mol. The van der Waals surface area contributed by atoms with Gasteiger partial charge in [-0.05, 0) is 29.3 Å². The van der Waals surface area contributed by atoms with Gasteiger partial charge >= 0.3 is 5.69 Å². The van der Waals surface area contributed by atoms with Crippen LogP contribution >= 0.6 is 15.9 Å². The van der Waals surface area contributed by atoms with E-state index in [1.165, 1.54) is 12.4 Å². The molecule has 1 aromatic heterocycles. The first-order valence-corrected chi connectivity index (χ1v) is 5.59. The molecule has 0 aromatic carbocycles. The summed E-state index contributed by atoms with van der Waals surface area (Å²) in [5.41, 5.74) is 0.458. The average Bonchev–Trinajstić information content (AvgIpc) is 2.25. The molecule has 0 unspecified atom stereocenters. The standard InChI is InChI=1S/C10H12BrN3O2/c1-2-3-4-5-13-10-8(11)6-12-7-9(10)14(15)16/h2-3,6-7H,4-5H2,1H3,(H,12,13)/b3-2+. The maximum atomic E-state index is 10.8. The number of hydrogen-bond donors (Lipinski definition) is 1. The lowest BCUT2D eigenvalue weighted by Gasteiger charge is -2.06. The number of aromatic nitrogens is 1. The minimum Gasteiger partial charge on any atom is -0.378 e. The SMILES string of the molecule is C/C=C/CCNc1c(Br)cncc1[N+](=O)[O-]. The Hall–Kier alpha value is -1.43. The van der Waals surface area contributed by atoms with E-state index in [4.69, 9.17) is 0 Å². The quantitative estimate of drug-likeness (QED) is 0.391. The van der Waals surface area contributed by atoms with E-state index in [0.29, 0.717) is 16.7 Å². The highest BCUT2D eigenvalue weighted by atomic mass is 79.9. The van der Waals surface area contributed by atoms with Crippen LogP contribution in [0.25, 0.3) is 0 Å². The van der Waals surface area contributed by atoms with Crippen molar-refractivity contribution in [2.24, 2.45) is 0 Å². The predicted octanol–water partition coefficient (Wildman–Crippen LogP) is 3.13. The molecule has 86 valence electrons. The van der Waals surface area contributed by atoms with Crippen molar-refractivity contribution in [2.75, 3.05) is 11.9 Å². The Labute approximate surface area is 102 Å². The largest absolute Gasteiger partial charge is 0.378 e. The van der Waals surface area contributed by atoms with Crippen molar-refractivity contribution in [3.05, 3.63) is 39.1 Å². The monoisotopic (exact) mass is 285 g/mol. The number of halogens is 1. The van der Waals surface area contributed by atoms with Gasteiger partial charge in [-0.3, -0.25) is 15.1 Å². The molecule has 1 rings (SSSR count). The highest BCUT2D eigenvalue weighted by Crippen LogP contribution is 2.30. The molecule has 0 saturated heterocycles. The number of pyridine rings is 1. The molecule has 0 fully saturated rings. The van der Waals surface area contributed by atoms with Gasteiger partial charge in [-0.25, -0.2) is 0 Å². The van der Waals surface area contributed by atoms with Crippen LogP contribution in [0.2, 0.25) is 0 Å². The van der Waals surface area contributed by atoms with Crippen LogP contribution in [-0.4, -0.2) is 16.5 Å². The zero-order chi connectivity index (χ0) is 12.0. The van der Waals surface area contributed by atoms with Gasteiger partial charge in [-0.15, -0.1) is 0 Å². The van der Waals surface area contributed by atoms with E-state index in [9.17, 15) is 10.1 Å². The molecule has 0 aliphatic carbocycles. The molecule has 0 saturated carbocycles. The van der Waals surface area contributed by atoms with E-state index in [0.717, 1.165) is 6.42 Å². The molecule has 1 aromatic rings. The molecule has 0 spiro atoms. The fourth-order valence-corrected chi connectivity index (χ4v) is 1.65. The molecule has 0 atom stereocenters. The molecular weight excluding hydrogens is 274 g/mol. The van der Waals surface area contributed by atoms with Gasteiger partial charge in [0.15, 0.2) is 0 Å². The number of hydrogen-bond acceptors (Lipinski definition) is 4. The first-order valence-electron chi connectivity index (χ1n) is 4.79. The zero-order valence-electron chi connectivity index (χ0n) is 8.81. The van der Waals surface area contributed by atoms with Gasteiger partial charge in [-0.2, -0.15) is 0 Å². The van der Waals surface area contributed by atoms with Gasteiger partial charge in [-0.1, -0.05) is 12.2 Å². The first-order chi connectivity index (χ1) is 7.66. The third-order valence-corrected chi connectivity index (χ3v) is 2.53. The Bertz CT molecular complexity index is 407. The van der Waals surface area contributed by atoms with Crippen LogP contribution in [0.4, 0.5) is 11.4 Å². The minimum absolute atomic E-state index is 0.0187. The van der Waals surface area contributed by atoms with E-state index < -0.39 is 4.92 Å². The van der Waals surface area contributed by atoms with E-state index in [-0.39, 0.29) is 5.69 Å². The fraction of sp³-hybridized carbons (Fsp3) is 0.300. The zero-order valence-corrected chi connectivity index (χ0v) is 10.4. The van der Waals surface area contributed by atoms with Gasteiger partial charge in [0.05, 0.1) is 9.40 Å². The van der Waals surface area contributed by atoms with Crippen LogP contribution in [0.1, 0.15) is 13.3 Å². The van der Waals surface area contributed by atoms with Crippen molar-refractivity contribution in [3.63, 3.8) is 0 Å². The second kappa shape index (κ2) is 6.22. The van der Waals surface area contributed by atoms with Crippen molar-refractivity contribution >= 4 is 27.3 Å². The molecular formula is C10H12BrN3O2. The second-order valence-electron chi connectivity index (χ2n) is 3.06. The molecule has 6 heteroatoms. The topological polar surface area (TPSA) is 68.1 Å². The summed E-state index contributed by atoms with van der Waals surface area (Å²) in [6.07, 6.45) is 7.53. The van der Waals surface area contributed by atoms with Gasteiger partial charge < -0.3 is 5.32 Å². The van der Waals surface area contributed by atoms with Crippen molar-refractivity contribution in [1.82, 2.24) is 4.98 Å². The van der Waals surface area contributed by atoms with E-state index in [1.807, 2.05) is 19.1 Å². The lowest BCUT2D eigenvalue weighted by Crippen LogP contribution is -2.04. The third-order valence-electron chi connectivity index (χ3n) is 1.92. The van der Waals surface area contributed by atoms with Crippen LogP contribution in [0.5, 0.6) is 0 Å². The molecule has 5 nitrogen and oxygen atoms in total. The summed E-state index contributed by atoms with van der Waals surface area (Å²) < 4.78 is 0.599. The summed E-state index contributed by atoms with van der Waals surface area (Å²) in [5, 5.41) is 13.8. The Morgan fingerprint density at radius 2 is 2.38 bits per heavy atom. The second-order valence-corrected chi connectivity index (χ2v) is 3.91. The number of allylic oxidation sites excluding steroid dienone is 1. The van der Waals surface area contributed by atoms with E-state index in [2.05, 4.69) is 26.2 Å². The highest BCUT2D eigenvalue weighted by Gasteiger charge is 2.16. The number of nitrogens with one attached hydrogen (secondary N) is 1. The van der Waals surface area contributed by atoms with Gasteiger partial charge in [0, 0.05) is 12.7 Å². The summed E-state index contributed by atoms with van der Waals surface area (Å²) in [4.78, 5) is 14.1. The molecule has 0 aliphatic heterocycles. The first kappa shape index (κ1) is 12.6. The van der Waals surface area contributed by atoms with E-state index >= 15 is 0 Å². The minimum atomic E-state index is -0.449. The van der Waals surface area contributed by atoms with Gasteiger partial charge in [0.1, 0.15) is 11.9 Å².